The van der Waals surface area contributed by atoms with Crippen LogP contribution in [0.15, 0.2) is 18.2 Å². The standard InChI is InChI=1S/C14H23NO/c1-10-8-7-9-11(2)13(10)16-12(3)14(4,5)15-6/h7-9,12,15H,1-6H3. The molecule has 0 aliphatic rings. The largest absolute Gasteiger partial charge is 0.488 e. The first-order chi connectivity index (χ1) is 7.38. The van der Waals surface area contributed by atoms with Crippen molar-refractivity contribution in [2.45, 2.75) is 46.3 Å². The van der Waals surface area contributed by atoms with Crippen LogP contribution in [0.2, 0.25) is 0 Å². The Morgan fingerprint density at radius 1 is 1.19 bits per heavy atom. The van der Waals surface area contributed by atoms with Gasteiger partial charge in [0, 0.05) is 5.54 Å². The maximum Gasteiger partial charge on any atom is 0.125 e. The van der Waals surface area contributed by atoms with Crippen molar-refractivity contribution in [2.75, 3.05) is 7.05 Å². The van der Waals surface area contributed by atoms with Crippen molar-refractivity contribution >= 4 is 0 Å². The first kappa shape index (κ1) is 13.0. The summed E-state index contributed by atoms with van der Waals surface area (Å²) in [6, 6.07) is 6.23. The van der Waals surface area contributed by atoms with Crippen LogP contribution in [0.5, 0.6) is 5.75 Å². The van der Waals surface area contributed by atoms with E-state index >= 15 is 0 Å². The van der Waals surface area contributed by atoms with E-state index in [-0.39, 0.29) is 11.6 Å². The number of rotatable bonds is 4. The summed E-state index contributed by atoms with van der Waals surface area (Å²) in [5, 5.41) is 3.28. The van der Waals surface area contributed by atoms with E-state index < -0.39 is 0 Å². The fraction of sp³-hybridized carbons (Fsp3) is 0.571. The first-order valence-electron chi connectivity index (χ1n) is 5.80. The summed E-state index contributed by atoms with van der Waals surface area (Å²) in [6.07, 6.45) is 0.123. The van der Waals surface area contributed by atoms with Crippen LogP contribution in [0.1, 0.15) is 31.9 Å². The Labute approximate surface area is 99.0 Å². The summed E-state index contributed by atoms with van der Waals surface area (Å²) in [4.78, 5) is 0. The fourth-order valence-electron chi connectivity index (χ4n) is 1.51. The first-order valence-corrected chi connectivity index (χ1v) is 5.80. The molecular weight excluding hydrogens is 198 g/mol. The Morgan fingerprint density at radius 2 is 1.69 bits per heavy atom. The van der Waals surface area contributed by atoms with Gasteiger partial charge < -0.3 is 10.1 Å². The Morgan fingerprint density at radius 3 is 2.12 bits per heavy atom. The Balaban J connectivity index is 2.89. The van der Waals surface area contributed by atoms with Crippen molar-refractivity contribution < 1.29 is 4.74 Å². The lowest BCUT2D eigenvalue weighted by molar-refractivity contribution is 0.124. The highest BCUT2D eigenvalue weighted by Gasteiger charge is 2.26. The van der Waals surface area contributed by atoms with Crippen LogP contribution < -0.4 is 10.1 Å². The number of ether oxygens (including phenoxy) is 1. The minimum Gasteiger partial charge on any atom is -0.488 e. The molecule has 0 spiro atoms. The molecule has 0 bridgehead atoms. The normalized spacial score (nSPS) is 13.6. The number of para-hydroxylation sites is 1. The van der Waals surface area contributed by atoms with E-state index in [9.17, 15) is 0 Å². The molecule has 0 aliphatic heterocycles. The van der Waals surface area contributed by atoms with Crippen molar-refractivity contribution in [1.29, 1.82) is 0 Å². The number of benzene rings is 1. The summed E-state index contributed by atoms with van der Waals surface area (Å²) < 4.78 is 6.07. The van der Waals surface area contributed by atoms with Gasteiger partial charge in [0.2, 0.25) is 0 Å². The topological polar surface area (TPSA) is 21.3 Å². The van der Waals surface area contributed by atoms with E-state index in [1.54, 1.807) is 0 Å². The van der Waals surface area contributed by atoms with Gasteiger partial charge in [0.05, 0.1) is 0 Å². The number of aryl methyl sites for hydroxylation is 2. The number of hydrogen-bond acceptors (Lipinski definition) is 2. The average Bonchev–Trinajstić information content (AvgIpc) is 2.23. The molecule has 16 heavy (non-hydrogen) atoms. The smallest absolute Gasteiger partial charge is 0.125 e. The summed E-state index contributed by atoms with van der Waals surface area (Å²) in [5.74, 6) is 1.01. The molecule has 1 atom stereocenters. The van der Waals surface area contributed by atoms with E-state index in [0.717, 1.165) is 5.75 Å². The van der Waals surface area contributed by atoms with Gasteiger partial charge in [0.15, 0.2) is 0 Å². The van der Waals surface area contributed by atoms with Crippen molar-refractivity contribution in [3.63, 3.8) is 0 Å². The maximum absolute atomic E-state index is 6.07. The Kier molecular flexibility index (Phi) is 3.98. The van der Waals surface area contributed by atoms with E-state index in [2.05, 4.69) is 58.1 Å². The van der Waals surface area contributed by atoms with Crippen LogP contribution in [0.4, 0.5) is 0 Å². The zero-order valence-corrected chi connectivity index (χ0v) is 11.2. The second kappa shape index (κ2) is 4.88. The van der Waals surface area contributed by atoms with Gasteiger partial charge in [-0.25, -0.2) is 0 Å². The molecule has 90 valence electrons. The zero-order chi connectivity index (χ0) is 12.3. The van der Waals surface area contributed by atoms with Gasteiger partial charge in [0.25, 0.3) is 0 Å². The molecular formula is C14H23NO. The molecule has 0 aliphatic carbocycles. The van der Waals surface area contributed by atoms with Crippen LogP contribution in [0.25, 0.3) is 0 Å². The molecule has 0 saturated heterocycles. The Hall–Kier alpha value is -1.02. The monoisotopic (exact) mass is 221 g/mol. The molecule has 1 aromatic rings. The van der Waals surface area contributed by atoms with E-state index in [1.807, 2.05) is 7.05 Å². The van der Waals surface area contributed by atoms with Crippen molar-refractivity contribution in [3.05, 3.63) is 29.3 Å². The molecule has 0 saturated carbocycles. The minimum atomic E-state index is -0.0330. The predicted molar refractivity (Wildman–Crippen MR) is 69.1 cm³/mol. The number of likely N-dealkylation sites (N-methyl/N-ethyl adjacent to an activating group) is 1. The molecule has 1 rings (SSSR count). The van der Waals surface area contributed by atoms with Crippen LogP contribution in [-0.4, -0.2) is 18.7 Å². The van der Waals surface area contributed by atoms with Gasteiger partial charge in [-0.05, 0) is 52.8 Å². The van der Waals surface area contributed by atoms with Crippen LogP contribution in [-0.2, 0) is 0 Å². The molecule has 1 aromatic carbocycles. The van der Waals surface area contributed by atoms with Gasteiger partial charge in [-0.2, -0.15) is 0 Å². The highest BCUT2D eigenvalue weighted by atomic mass is 16.5. The molecule has 1 unspecified atom stereocenters. The highest BCUT2D eigenvalue weighted by Crippen LogP contribution is 2.25. The third kappa shape index (κ3) is 2.76. The zero-order valence-electron chi connectivity index (χ0n) is 11.2. The molecule has 0 fully saturated rings. The van der Waals surface area contributed by atoms with Crippen molar-refractivity contribution in [3.8, 4) is 5.75 Å². The lowest BCUT2D eigenvalue weighted by Gasteiger charge is -2.32. The van der Waals surface area contributed by atoms with Crippen LogP contribution >= 0.6 is 0 Å². The van der Waals surface area contributed by atoms with E-state index in [4.69, 9.17) is 4.74 Å². The molecule has 0 radical (unpaired) electrons. The average molecular weight is 221 g/mol. The number of nitrogens with one attached hydrogen (secondary N) is 1. The fourth-order valence-corrected chi connectivity index (χ4v) is 1.51. The van der Waals surface area contributed by atoms with Gasteiger partial charge in [-0.3, -0.25) is 0 Å². The molecule has 1 N–H and O–H groups in total. The van der Waals surface area contributed by atoms with Crippen molar-refractivity contribution in [2.24, 2.45) is 0 Å². The minimum absolute atomic E-state index is 0.0330. The molecule has 0 amide bonds. The van der Waals surface area contributed by atoms with E-state index in [0.29, 0.717) is 0 Å². The SMILES string of the molecule is CNC(C)(C)C(C)Oc1c(C)cccc1C. The van der Waals surface area contributed by atoms with Gasteiger partial charge in [0.1, 0.15) is 11.9 Å². The molecule has 0 heterocycles. The number of hydrogen-bond donors (Lipinski definition) is 1. The van der Waals surface area contributed by atoms with E-state index in [1.165, 1.54) is 11.1 Å². The highest BCUT2D eigenvalue weighted by molar-refractivity contribution is 5.40. The van der Waals surface area contributed by atoms with Crippen LogP contribution in [0, 0.1) is 13.8 Å². The van der Waals surface area contributed by atoms with Crippen molar-refractivity contribution in [1.82, 2.24) is 5.32 Å². The lowest BCUT2D eigenvalue weighted by Crippen LogP contribution is -2.49. The third-order valence-electron chi connectivity index (χ3n) is 3.36. The quantitative estimate of drug-likeness (QED) is 0.843. The predicted octanol–water partition coefficient (Wildman–Crippen LogP) is 3.07. The molecule has 2 nitrogen and oxygen atoms in total. The van der Waals surface area contributed by atoms with Gasteiger partial charge in [-0.1, -0.05) is 18.2 Å². The second-order valence-corrected chi connectivity index (χ2v) is 4.95. The Bertz CT molecular complexity index is 338. The van der Waals surface area contributed by atoms with Gasteiger partial charge in [-0.15, -0.1) is 0 Å². The summed E-state index contributed by atoms with van der Waals surface area (Å²) >= 11 is 0. The third-order valence-corrected chi connectivity index (χ3v) is 3.36. The van der Waals surface area contributed by atoms with Crippen LogP contribution in [0.3, 0.4) is 0 Å². The maximum atomic E-state index is 6.07. The molecule has 2 heteroatoms. The summed E-state index contributed by atoms with van der Waals surface area (Å²) in [7, 11) is 1.96. The lowest BCUT2D eigenvalue weighted by atomic mass is 9.99. The molecule has 0 aromatic heterocycles. The van der Waals surface area contributed by atoms with Gasteiger partial charge >= 0.3 is 0 Å². The summed E-state index contributed by atoms with van der Waals surface area (Å²) in [6.45, 7) is 10.6. The summed E-state index contributed by atoms with van der Waals surface area (Å²) in [5.41, 5.74) is 2.35. The second-order valence-electron chi connectivity index (χ2n) is 4.95.